The largest absolute Gasteiger partial charge is 0.496 e. The van der Waals surface area contributed by atoms with Gasteiger partial charge in [0, 0.05) is 11.1 Å². The molecule has 2 heterocycles. The van der Waals surface area contributed by atoms with Gasteiger partial charge in [0.25, 0.3) is 0 Å². The highest BCUT2D eigenvalue weighted by molar-refractivity contribution is 6.08. The van der Waals surface area contributed by atoms with Crippen LogP contribution in [0.25, 0.3) is 33.5 Å². The molecule has 4 aromatic rings. The molecule has 6 nitrogen and oxygen atoms in total. The molecule has 0 saturated carbocycles. The van der Waals surface area contributed by atoms with Gasteiger partial charge in [-0.15, -0.1) is 0 Å². The van der Waals surface area contributed by atoms with E-state index in [1.54, 1.807) is 24.3 Å². The summed E-state index contributed by atoms with van der Waals surface area (Å²) in [5, 5.41) is 17.1. The van der Waals surface area contributed by atoms with Crippen LogP contribution in [0.4, 0.5) is 4.39 Å². The van der Waals surface area contributed by atoms with Crippen molar-refractivity contribution in [2.24, 2.45) is 0 Å². The van der Waals surface area contributed by atoms with Crippen LogP contribution >= 0.6 is 0 Å². The average Bonchev–Trinajstić information content (AvgIpc) is 3.11. The molecule has 0 saturated heterocycles. The van der Waals surface area contributed by atoms with E-state index in [2.05, 4.69) is 15.2 Å². The molecule has 0 aliphatic carbocycles. The summed E-state index contributed by atoms with van der Waals surface area (Å²) in [7, 11) is 1.54. The zero-order chi connectivity index (χ0) is 19.0. The highest BCUT2D eigenvalue weighted by Crippen LogP contribution is 2.34. The predicted molar refractivity (Wildman–Crippen MR) is 98.2 cm³/mol. The molecule has 2 N–H and O–H groups in total. The van der Waals surface area contributed by atoms with E-state index in [-0.39, 0.29) is 17.0 Å². The summed E-state index contributed by atoms with van der Waals surface area (Å²) in [5.41, 5.74) is 2.50. The van der Waals surface area contributed by atoms with Crippen LogP contribution in [0, 0.1) is 5.82 Å². The van der Waals surface area contributed by atoms with Crippen LogP contribution in [0.1, 0.15) is 10.4 Å². The first-order chi connectivity index (χ1) is 13.1. The van der Waals surface area contributed by atoms with E-state index in [9.17, 15) is 14.3 Å². The Morgan fingerprint density at radius 2 is 1.89 bits per heavy atom. The lowest BCUT2D eigenvalue weighted by Gasteiger charge is -2.09. The van der Waals surface area contributed by atoms with E-state index in [4.69, 9.17) is 4.74 Å². The number of pyridine rings is 1. The summed E-state index contributed by atoms with van der Waals surface area (Å²) in [6.45, 7) is 0. The Balaban J connectivity index is 1.97. The molecular weight excluding hydrogens is 349 g/mol. The summed E-state index contributed by atoms with van der Waals surface area (Å²) in [6.07, 6.45) is 0. The van der Waals surface area contributed by atoms with Gasteiger partial charge in [-0.25, -0.2) is 14.2 Å². The number of rotatable bonds is 4. The zero-order valence-electron chi connectivity index (χ0n) is 14.2. The first-order valence-electron chi connectivity index (χ1n) is 8.10. The van der Waals surface area contributed by atoms with Crippen LogP contribution in [0.2, 0.25) is 0 Å². The first kappa shape index (κ1) is 16.7. The third-order valence-corrected chi connectivity index (χ3v) is 4.27. The minimum atomic E-state index is -1.11. The van der Waals surface area contributed by atoms with E-state index >= 15 is 0 Å². The monoisotopic (exact) mass is 363 g/mol. The van der Waals surface area contributed by atoms with Crippen molar-refractivity contribution in [1.29, 1.82) is 0 Å². The first-order valence-corrected chi connectivity index (χ1v) is 8.10. The van der Waals surface area contributed by atoms with Gasteiger partial charge in [0.05, 0.1) is 29.4 Å². The highest BCUT2D eigenvalue weighted by atomic mass is 19.1. The van der Waals surface area contributed by atoms with Crippen LogP contribution in [0.15, 0.2) is 54.6 Å². The normalized spacial score (nSPS) is 10.9. The minimum Gasteiger partial charge on any atom is -0.496 e. The summed E-state index contributed by atoms with van der Waals surface area (Å²) >= 11 is 0. The van der Waals surface area contributed by atoms with Crippen LogP contribution in [-0.2, 0) is 0 Å². The topological polar surface area (TPSA) is 88.1 Å². The maximum atomic E-state index is 13.2. The molecule has 2 aromatic heterocycles. The van der Waals surface area contributed by atoms with Gasteiger partial charge in [0.15, 0.2) is 5.65 Å². The lowest BCUT2D eigenvalue weighted by molar-refractivity contribution is 0.0699. The lowest BCUT2D eigenvalue weighted by Crippen LogP contribution is -2.01. The molecule has 0 amide bonds. The van der Waals surface area contributed by atoms with E-state index in [0.29, 0.717) is 33.7 Å². The van der Waals surface area contributed by atoms with Gasteiger partial charge in [-0.05, 0) is 42.5 Å². The number of benzene rings is 2. The third kappa shape index (κ3) is 2.89. The Morgan fingerprint density at radius 1 is 1.15 bits per heavy atom. The zero-order valence-corrected chi connectivity index (χ0v) is 14.2. The van der Waals surface area contributed by atoms with E-state index in [0.717, 1.165) is 0 Å². The van der Waals surface area contributed by atoms with Gasteiger partial charge in [0.1, 0.15) is 11.6 Å². The van der Waals surface area contributed by atoms with Crippen LogP contribution in [-0.4, -0.2) is 33.4 Å². The van der Waals surface area contributed by atoms with Crippen molar-refractivity contribution >= 4 is 17.0 Å². The van der Waals surface area contributed by atoms with Crippen molar-refractivity contribution in [3.8, 4) is 28.3 Å². The third-order valence-electron chi connectivity index (χ3n) is 4.27. The highest BCUT2D eigenvalue weighted by Gasteiger charge is 2.20. The number of carboxylic acids is 1. The standard InChI is InChI=1S/C20H14FN3O3/c1-27-16-5-3-2-4-13(16)15-10-14(20(25)26)17-18(23-24-19(17)22-15)11-6-8-12(21)9-7-11/h2-10H,1H3,(H,25,26)(H,22,23,24). The molecule has 4 rings (SSSR count). The fraction of sp³-hybridized carbons (Fsp3) is 0.0500. The molecule has 7 heteroatoms. The van der Waals surface area contributed by atoms with Crippen LogP contribution in [0.3, 0.4) is 0 Å². The maximum Gasteiger partial charge on any atom is 0.336 e. The number of aromatic carboxylic acids is 1. The van der Waals surface area contributed by atoms with Crippen molar-refractivity contribution in [1.82, 2.24) is 15.2 Å². The lowest BCUT2D eigenvalue weighted by atomic mass is 10.0. The molecule has 0 radical (unpaired) electrons. The van der Waals surface area contributed by atoms with E-state index < -0.39 is 5.97 Å². The Hall–Kier alpha value is -3.74. The van der Waals surface area contributed by atoms with Gasteiger partial charge in [0.2, 0.25) is 0 Å². The number of carbonyl (C=O) groups is 1. The van der Waals surface area contributed by atoms with E-state index in [1.165, 1.54) is 25.3 Å². The number of hydrogen-bond acceptors (Lipinski definition) is 4. The van der Waals surface area contributed by atoms with Gasteiger partial charge >= 0.3 is 5.97 Å². The number of aromatic amines is 1. The second-order valence-electron chi connectivity index (χ2n) is 5.86. The second-order valence-corrected chi connectivity index (χ2v) is 5.86. The molecule has 0 fully saturated rings. The molecule has 0 aliphatic heterocycles. The number of H-pyrrole nitrogens is 1. The van der Waals surface area contributed by atoms with Crippen LogP contribution in [0.5, 0.6) is 5.75 Å². The quantitative estimate of drug-likeness (QED) is 0.569. The number of carboxylic acid groups (broad SMARTS) is 1. The molecule has 0 atom stereocenters. The molecule has 27 heavy (non-hydrogen) atoms. The Labute approximate surface area is 153 Å². The molecule has 0 bridgehead atoms. The van der Waals surface area contributed by atoms with Crippen molar-refractivity contribution < 1.29 is 19.0 Å². The minimum absolute atomic E-state index is 0.0500. The number of para-hydroxylation sites is 1. The maximum absolute atomic E-state index is 13.2. The number of hydrogen-bond donors (Lipinski definition) is 2. The summed E-state index contributed by atoms with van der Waals surface area (Å²) in [6, 6.07) is 14.4. The molecule has 0 aliphatic rings. The SMILES string of the molecule is COc1ccccc1-c1cc(C(=O)O)c2c(-c3ccc(F)cc3)[nH]nc2n1. The van der Waals surface area contributed by atoms with Crippen molar-refractivity contribution in [3.05, 3.63) is 66.0 Å². The Bertz CT molecular complexity index is 1150. The number of nitrogens with zero attached hydrogens (tertiary/aromatic N) is 2. The molecule has 2 aromatic carbocycles. The fourth-order valence-corrected chi connectivity index (χ4v) is 3.01. The van der Waals surface area contributed by atoms with Gasteiger partial charge in [-0.2, -0.15) is 5.10 Å². The number of methoxy groups -OCH3 is 1. The van der Waals surface area contributed by atoms with Crippen molar-refractivity contribution in [2.45, 2.75) is 0 Å². The number of fused-ring (bicyclic) bond motifs is 1. The summed E-state index contributed by atoms with van der Waals surface area (Å²) in [5.74, 6) is -0.907. The van der Waals surface area contributed by atoms with Crippen molar-refractivity contribution in [2.75, 3.05) is 7.11 Å². The summed E-state index contributed by atoms with van der Waals surface area (Å²) < 4.78 is 18.6. The number of nitrogens with one attached hydrogen (secondary N) is 1. The number of ether oxygens (including phenoxy) is 1. The molecular formula is C20H14FN3O3. The number of aromatic nitrogens is 3. The smallest absolute Gasteiger partial charge is 0.336 e. The van der Waals surface area contributed by atoms with Crippen LogP contribution < -0.4 is 4.74 Å². The fourth-order valence-electron chi connectivity index (χ4n) is 3.01. The predicted octanol–water partition coefficient (Wildman–Crippen LogP) is 4.14. The van der Waals surface area contributed by atoms with Gasteiger partial charge < -0.3 is 9.84 Å². The molecule has 0 unspecified atom stereocenters. The molecule has 134 valence electrons. The van der Waals surface area contributed by atoms with Gasteiger partial charge in [-0.1, -0.05) is 12.1 Å². The van der Waals surface area contributed by atoms with Crippen molar-refractivity contribution in [3.63, 3.8) is 0 Å². The Kier molecular flexibility index (Phi) is 4.04. The Morgan fingerprint density at radius 3 is 2.59 bits per heavy atom. The molecule has 0 spiro atoms. The average molecular weight is 363 g/mol. The van der Waals surface area contributed by atoms with Gasteiger partial charge in [-0.3, -0.25) is 5.10 Å². The van der Waals surface area contributed by atoms with E-state index in [1.807, 2.05) is 12.1 Å². The number of halogens is 1. The second kappa shape index (κ2) is 6.53. The summed E-state index contributed by atoms with van der Waals surface area (Å²) in [4.78, 5) is 16.4.